The Bertz CT molecular complexity index is 562. The number of pyridine rings is 1. The number of rotatable bonds is 2. The van der Waals surface area contributed by atoms with Gasteiger partial charge in [0.2, 0.25) is 0 Å². The molecule has 0 aliphatic carbocycles. The van der Waals surface area contributed by atoms with E-state index in [4.69, 9.17) is 5.73 Å². The first kappa shape index (κ1) is 12.5. The number of hydrogen-bond acceptors (Lipinski definition) is 3. The van der Waals surface area contributed by atoms with Crippen LogP contribution in [0.4, 0.5) is 10.2 Å². The molecule has 1 aromatic carbocycles. The summed E-state index contributed by atoms with van der Waals surface area (Å²) in [6.45, 7) is 3.33. The summed E-state index contributed by atoms with van der Waals surface area (Å²) in [4.78, 5) is 3.96. The average molecular weight is 246 g/mol. The van der Waals surface area contributed by atoms with Crippen LogP contribution >= 0.6 is 0 Å². The maximum absolute atomic E-state index is 13.8. The molecule has 0 amide bonds. The number of nitrogens with zero attached hydrogens (tertiary/aromatic N) is 1. The fourth-order valence-corrected chi connectivity index (χ4v) is 2.20. The van der Waals surface area contributed by atoms with Crippen molar-refractivity contribution in [3.8, 4) is 0 Å². The molecule has 0 aliphatic heterocycles. The molecule has 0 fully saturated rings. The van der Waals surface area contributed by atoms with Crippen molar-refractivity contribution in [2.75, 3.05) is 5.73 Å². The Morgan fingerprint density at radius 3 is 2.56 bits per heavy atom. The highest BCUT2D eigenvalue weighted by Gasteiger charge is 2.32. The molecule has 2 rings (SSSR count). The molecule has 0 bridgehead atoms. The van der Waals surface area contributed by atoms with Crippen LogP contribution < -0.4 is 5.73 Å². The summed E-state index contributed by atoms with van der Waals surface area (Å²) in [7, 11) is 0. The van der Waals surface area contributed by atoms with Crippen molar-refractivity contribution in [2.45, 2.75) is 19.4 Å². The normalized spacial score (nSPS) is 14.2. The van der Waals surface area contributed by atoms with E-state index in [1.54, 1.807) is 30.5 Å². The largest absolute Gasteiger partial charge is 0.383 e. The summed E-state index contributed by atoms with van der Waals surface area (Å²) in [5.74, 6) is -0.256. The van der Waals surface area contributed by atoms with Gasteiger partial charge in [0.1, 0.15) is 17.2 Å². The Labute approximate surface area is 105 Å². The molecule has 4 heteroatoms. The highest BCUT2D eigenvalue weighted by Crippen LogP contribution is 2.35. The molecule has 0 saturated heterocycles. The Kier molecular flexibility index (Phi) is 3.05. The van der Waals surface area contributed by atoms with Gasteiger partial charge in [-0.05, 0) is 31.5 Å². The van der Waals surface area contributed by atoms with Gasteiger partial charge >= 0.3 is 0 Å². The lowest BCUT2D eigenvalue weighted by atomic mass is 9.85. The summed E-state index contributed by atoms with van der Waals surface area (Å²) >= 11 is 0. The zero-order valence-electron chi connectivity index (χ0n) is 10.3. The number of aromatic nitrogens is 1. The number of nitrogen functional groups attached to an aromatic ring is 1. The number of aryl methyl sites for hydroxylation is 1. The summed E-state index contributed by atoms with van der Waals surface area (Å²) in [6.07, 6.45) is 1.56. The first-order valence-corrected chi connectivity index (χ1v) is 5.63. The van der Waals surface area contributed by atoms with Crippen LogP contribution in [0.15, 0.2) is 36.5 Å². The minimum absolute atomic E-state index is 0.188. The van der Waals surface area contributed by atoms with Gasteiger partial charge in [-0.1, -0.05) is 18.2 Å². The van der Waals surface area contributed by atoms with Crippen molar-refractivity contribution in [2.24, 2.45) is 0 Å². The van der Waals surface area contributed by atoms with E-state index in [2.05, 4.69) is 4.98 Å². The molecule has 1 atom stereocenters. The maximum Gasteiger partial charge on any atom is 0.130 e. The quantitative estimate of drug-likeness (QED) is 0.855. The van der Waals surface area contributed by atoms with E-state index in [1.165, 1.54) is 13.0 Å². The second-order valence-corrected chi connectivity index (χ2v) is 4.44. The maximum atomic E-state index is 13.8. The van der Waals surface area contributed by atoms with E-state index in [0.29, 0.717) is 5.56 Å². The van der Waals surface area contributed by atoms with Crippen LogP contribution in [0.2, 0.25) is 0 Å². The van der Waals surface area contributed by atoms with Crippen molar-refractivity contribution >= 4 is 5.82 Å². The number of halogens is 1. The topological polar surface area (TPSA) is 59.1 Å². The predicted molar refractivity (Wildman–Crippen MR) is 68.5 cm³/mol. The van der Waals surface area contributed by atoms with E-state index in [9.17, 15) is 9.50 Å². The van der Waals surface area contributed by atoms with Crippen molar-refractivity contribution in [1.29, 1.82) is 0 Å². The summed E-state index contributed by atoms with van der Waals surface area (Å²) in [6, 6.07) is 7.84. The van der Waals surface area contributed by atoms with Gasteiger partial charge in [0.25, 0.3) is 0 Å². The van der Waals surface area contributed by atoms with E-state index in [-0.39, 0.29) is 11.4 Å². The smallest absolute Gasteiger partial charge is 0.130 e. The zero-order chi connectivity index (χ0) is 13.3. The van der Waals surface area contributed by atoms with Crippen molar-refractivity contribution < 1.29 is 9.50 Å². The molecule has 1 aromatic heterocycles. The van der Waals surface area contributed by atoms with Crippen LogP contribution in [-0.4, -0.2) is 10.1 Å². The molecule has 0 aliphatic rings. The van der Waals surface area contributed by atoms with Crippen molar-refractivity contribution in [1.82, 2.24) is 4.98 Å². The number of anilines is 1. The van der Waals surface area contributed by atoms with Gasteiger partial charge in [0.15, 0.2) is 0 Å². The fraction of sp³-hybridized carbons (Fsp3) is 0.214. The Morgan fingerprint density at radius 2 is 1.94 bits per heavy atom. The molecule has 3 N–H and O–H groups in total. The molecular formula is C14H15FN2O. The van der Waals surface area contributed by atoms with Crippen LogP contribution in [0, 0.1) is 12.7 Å². The third-order valence-electron chi connectivity index (χ3n) is 3.07. The Balaban J connectivity index is 2.66. The monoisotopic (exact) mass is 246 g/mol. The molecule has 94 valence electrons. The summed E-state index contributed by atoms with van der Waals surface area (Å²) < 4.78 is 13.8. The number of nitrogens with two attached hydrogens (primary N) is 1. The van der Waals surface area contributed by atoms with E-state index in [0.717, 1.165) is 5.56 Å². The third-order valence-corrected chi connectivity index (χ3v) is 3.07. The number of hydrogen-bond donors (Lipinski definition) is 2. The van der Waals surface area contributed by atoms with E-state index in [1.807, 2.05) is 6.92 Å². The lowest BCUT2D eigenvalue weighted by Gasteiger charge is -2.27. The van der Waals surface area contributed by atoms with Crippen molar-refractivity contribution in [3.05, 3.63) is 59.0 Å². The van der Waals surface area contributed by atoms with Gasteiger partial charge in [0.05, 0.1) is 0 Å². The second-order valence-electron chi connectivity index (χ2n) is 4.44. The molecule has 2 aromatic rings. The molecular weight excluding hydrogens is 231 g/mol. The van der Waals surface area contributed by atoms with Gasteiger partial charge < -0.3 is 10.8 Å². The van der Waals surface area contributed by atoms with Crippen LogP contribution in [0.3, 0.4) is 0 Å². The Morgan fingerprint density at radius 1 is 1.28 bits per heavy atom. The van der Waals surface area contributed by atoms with Gasteiger partial charge in [0, 0.05) is 17.3 Å². The Hall–Kier alpha value is -1.94. The number of aliphatic hydroxyl groups is 1. The minimum Gasteiger partial charge on any atom is -0.383 e. The predicted octanol–water partition coefficient (Wildman–Crippen LogP) is 2.37. The summed E-state index contributed by atoms with van der Waals surface area (Å²) in [5.41, 5.74) is 5.70. The molecule has 18 heavy (non-hydrogen) atoms. The first-order valence-electron chi connectivity index (χ1n) is 5.63. The molecule has 0 spiro atoms. The van der Waals surface area contributed by atoms with E-state index < -0.39 is 11.4 Å². The average Bonchev–Trinajstić information content (AvgIpc) is 2.28. The highest BCUT2D eigenvalue weighted by atomic mass is 19.1. The number of benzene rings is 1. The molecule has 1 unspecified atom stereocenters. The second kappa shape index (κ2) is 4.38. The van der Waals surface area contributed by atoms with Crippen molar-refractivity contribution in [3.63, 3.8) is 0 Å². The van der Waals surface area contributed by atoms with Gasteiger partial charge in [-0.3, -0.25) is 0 Å². The van der Waals surface area contributed by atoms with E-state index >= 15 is 0 Å². The fourth-order valence-electron chi connectivity index (χ4n) is 2.20. The standard InChI is InChI=1S/C14H15FN2O/c1-9-7-8-17-13(16)12(9)14(2,18)10-5-3-4-6-11(10)15/h3-8,18H,1-2H3,(H2,16,17). The highest BCUT2D eigenvalue weighted by molar-refractivity contribution is 5.52. The summed E-state index contributed by atoms with van der Waals surface area (Å²) in [5, 5.41) is 10.6. The molecule has 1 heterocycles. The van der Waals surface area contributed by atoms with Gasteiger partial charge in [-0.15, -0.1) is 0 Å². The molecule has 0 saturated carbocycles. The van der Waals surface area contributed by atoms with Gasteiger partial charge in [-0.25, -0.2) is 9.37 Å². The van der Waals surface area contributed by atoms with Crippen LogP contribution in [0.25, 0.3) is 0 Å². The molecule has 3 nitrogen and oxygen atoms in total. The van der Waals surface area contributed by atoms with Crippen LogP contribution in [-0.2, 0) is 5.60 Å². The third kappa shape index (κ3) is 1.95. The lowest BCUT2D eigenvalue weighted by Crippen LogP contribution is -2.27. The first-order chi connectivity index (χ1) is 8.44. The molecule has 0 radical (unpaired) electrons. The minimum atomic E-state index is -1.51. The SMILES string of the molecule is Cc1ccnc(N)c1C(C)(O)c1ccccc1F. The lowest BCUT2D eigenvalue weighted by molar-refractivity contribution is 0.0978. The van der Waals surface area contributed by atoms with Gasteiger partial charge in [-0.2, -0.15) is 0 Å². The van der Waals surface area contributed by atoms with Crippen LogP contribution in [0.1, 0.15) is 23.6 Å². The van der Waals surface area contributed by atoms with Crippen LogP contribution in [0.5, 0.6) is 0 Å². The zero-order valence-corrected chi connectivity index (χ0v) is 10.3.